The molecule has 0 amide bonds. The van der Waals surface area contributed by atoms with E-state index in [9.17, 15) is 9.59 Å². The molecule has 34 heavy (non-hydrogen) atoms. The van der Waals surface area contributed by atoms with E-state index in [0.29, 0.717) is 45.9 Å². The van der Waals surface area contributed by atoms with Gasteiger partial charge < -0.3 is 15.0 Å². The third-order valence-corrected chi connectivity index (χ3v) is 7.00. The van der Waals surface area contributed by atoms with E-state index in [0.717, 1.165) is 38.4 Å². The monoisotopic (exact) mass is 455 g/mol. The molecule has 2 aliphatic heterocycles. The van der Waals surface area contributed by atoms with Crippen LogP contribution in [-0.2, 0) is 0 Å². The molecule has 2 N–H and O–H groups in total. The largest absolute Gasteiger partial charge is 0.468 e. The van der Waals surface area contributed by atoms with Gasteiger partial charge in [0.2, 0.25) is 17.6 Å². The van der Waals surface area contributed by atoms with Gasteiger partial charge in [0.05, 0.1) is 11.3 Å². The SMILES string of the molecule is CN1CCN(CCNc2cc3c(c4c2C(=O)c2ccccc2C4=O)[NH+]=C2C=CC=CC2O3)CC1. The molecule has 172 valence electrons. The summed E-state index contributed by atoms with van der Waals surface area (Å²) < 4.78 is 6.27. The van der Waals surface area contributed by atoms with Gasteiger partial charge in [0.1, 0.15) is 5.56 Å². The lowest BCUT2D eigenvalue weighted by molar-refractivity contribution is -0.362. The second-order valence-corrected chi connectivity index (χ2v) is 9.19. The number of carbonyl (C=O) groups is 2. The van der Waals surface area contributed by atoms with Gasteiger partial charge in [-0.25, -0.2) is 4.99 Å². The molecule has 2 aromatic rings. The molecule has 2 aromatic carbocycles. The van der Waals surface area contributed by atoms with Crippen LogP contribution in [0.1, 0.15) is 31.8 Å². The van der Waals surface area contributed by atoms with Crippen LogP contribution in [0.2, 0.25) is 0 Å². The molecule has 1 atom stereocenters. The van der Waals surface area contributed by atoms with Crippen molar-refractivity contribution in [1.29, 1.82) is 0 Å². The summed E-state index contributed by atoms with van der Waals surface area (Å²) in [5.41, 5.74) is 3.76. The van der Waals surface area contributed by atoms with E-state index in [1.165, 1.54) is 0 Å². The lowest BCUT2D eigenvalue weighted by atomic mass is 9.81. The number of anilines is 1. The van der Waals surface area contributed by atoms with Crippen LogP contribution in [0, 0.1) is 0 Å². The summed E-state index contributed by atoms with van der Waals surface area (Å²) >= 11 is 0. The van der Waals surface area contributed by atoms with E-state index in [-0.39, 0.29) is 17.7 Å². The highest BCUT2D eigenvalue weighted by Crippen LogP contribution is 2.41. The van der Waals surface area contributed by atoms with Crippen LogP contribution in [0.25, 0.3) is 0 Å². The average molecular weight is 456 g/mol. The number of ether oxygens (including phenoxy) is 1. The zero-order valence-corrected chi connectivity index (χ0v) is 19.1. The van der Waals surface area contributed by atoms with Crippen molar-refractivity contribution < 1.29 is 19.3 Å². The first-order chi connectivity index (χ1) is 16.6. The minimum Gasteiger partial charge on any atom is -0.468 e. The third kappa shape index (κ3) is 3.48. The van der Waals surface area contributed by atoms with Crippen molar-refractivity contribution in [2.75, 3.05) is 51.6 Å². The Balaban J connectivity index is 1.40. The number of allylic oxidation sites excluding steroid dienone is 2. The zero-order valence-electron chi connectivity index (χ0n) is 19.1. The van der Waals surface area contributed by atoms with Gasteiger partial charge in [-0.05, 0) is 13.1 Å². The fourth-order valence-electron chi connectivity index (χ4n) is 5.07. The molecule has 7 heteroatoms. The molecule has 7 nitrogen and oxygen atoms in total. The van der Waals surface area contributed by atoms with Crippen LogP contribution < -0.4 is 15.0 Å². The molecule has 2 aliphatic carbocycles. The second kappa shape index (κ2) is 8.34. The first-order valence-corrected chi connectivity index (χ1v) is 11.8. The van der Waals surface area contributed by atoms with E-state index in [4.69, 9.17) is 4.74 Å². The minimum absolute atomic E-state index is 0.136. The van der Waals surface area contributed by atoms with Crippen LogP contribution in [0.15, 0.2) is 54.6 Å². The Bertz CT molecular complexity index is 1290. The highest BCUT2D eigenvalue weighted by molar-refractivity contribution is 6.32. The van der Waals surface area contributed by atoms with E-state index in [2.05, 4.69) is 27.2 Å². The number of piperazine rings is 1. The third-order valence-electron chi connectivity index (χ3n) is 7.00. The Hall–Kier alpha value is -3.55. The predicted octanol–water partition coefficient (Wildman–Crippen LogP) is 1.16. The molecule has 0 saturated carbocycles. The Morgan fingerprint density at radius 3 is 2.53 bits per heavy atom. The van der Waals surface area contributed by atoms with Crippen LogP contribution in [0.3, 0.4) is 0 Å². The fraction of sp³-hybridized carbons (Fsp3) is 0.296. The van der Waals surface area contributed by atoms with Crippen molar-refractivity contribution in [2.45, 2.75) is 6.10 Å². The van der Waals surface area contributed by atoms with Crippen molar-refractivity contribution in [2.24, 2.45) is 0 Å². The maximum Gasteiger partial charge on any atom is 0.258 e. The van der Waals surface area contributed by atoms with Gasteiger partial charge in [-0.2, -0.15) is 0 Å². The van der Waals surface area contributed by atoms with Crippen molar-refractivity contribution >= 4 is 28.7 Å². The van der Waals surface area contributed by atoms with E-state index in [1.807, 2.05) is 30.4 Å². The Morgan fingerprint density at radius 2 is 1.76 bits per heavy atom. The fourth-order valence-corrected chi connectivity index (χ4v) is 5.07. The Labute approximate surface area is 198 Å². The molecule has 0 spiro atoms. The number of nitrogens with one attached hydrogen (secondary N) is 2. The van der Waals surface area contributed by atoms with Gasteiger partial charge in [-0.1, -0.05) is 36.4 Å². The first kappa shape index (κ1) is 21.0. The van der Waals surface area contributed by atoms with Gasteiger partial charge >= 0.3 is 0 Å². The van der Waals surface area contributed by atoms with Crippen molar-refractivity contribution in [1.82, 2.24) is 9.80 Å². The summed E-state index contributed by atoms with van der Waals surface area (Å²) in [5.74, 6) is 0.285. The van der Waals surface area contributed by atoms with Gasteiger partial charge in [0, 0.05) is 62.5 Å². The number of benzene rings is 2. The van der Waals surface area contributed by atoms with Gasteiger partial charge in [-0.3, -0.25) is 14.5 Å². The number of hydrogen-bond donors (Lipinski definition) is 2. The number of rotatable bonds is 4. The topological polar surface area (TPSA) is 75.9 Å². The predicted molar refractivity (Wildman–Crippen MR) is 131 cm³/mol. The number of fused-ring (bicyclic) bond motifs is 5. The summed E-state index contributed by atoms with van der Waals surface area (Å²) in [5, 5.41) is 3.46. The maximum atomic E-state index is 13.7. The second-order valence-electron chi connectivity index (χ2n) is 9.19. The van der Waals surface area contributed by atoms with Crippen LogP contribution >= 0.6 is 0 Å². The number of likely N-dealkylation sites (N-methyl/N-ethyl adjacent to an activating group) is 1. The molecule has 0 aromatic heterocycles. The summed E-state index contributed by atoms with van der Waals surface area (Å²) in [4.78, 5) is 35.4. The number of nitrogens with zero attached hydrogens (tertiary/aromatic N) is 2. The first-order valence-electron chi connectivity index (χ1n) is 11.8. The molecular weight excluding hydrogens is 428 g/mol. The summed E-state index contributed by atoms with van der Waals surface area (Å²) in [6.07, 6.45) is 7.53. The smallest absolute Gasteiger partial charge is 0.258 e. The number of hydrogen-bond acceptors (Lipinski definition) is 6. The average Bonchev–Trinajstić information content (AvgIpc) is 2.86. The van der Waals surface area contributed by atoms with E-state index >= 15 is 0 Å². The van der Waals surface area contributed by atoms with Gasteiger partial charge in [0.25, 0.3) is 5.69 Å². The van der Waals surface area contributed by atoms with Gasteiger partial charge in [-0.15, -0.1) is 0 Å². The summed E-state index contributed by atoms with van der Waals surface area (Å²) in [7, 11) is 2.14. The van der Waals surface area contributed by atoms with E-state index in [1.54, 1.807) is 24.3 Å². The molecule has 1 unspecified atom stereocenters. The van der Waals surface area contributed by atoms with E-state index < -0.39 is 0 Å². The number of carbonyl (C=O) groups excluding carboxylic acids is 2. The number of ketones is 2. The summed E-state index contributed by atoms with van der Waals surface area (Å²) in [6, 6.07) is 8.92. The Morgan fingerprint density at radius 1 is 1.03 bits per heavy atom. The van der Waals surface area contributed by atoms with Crippen LogP contribution in [0.5, 0.6) is 5.75 Å². The quantitative estimate of drug-likeness (QED) is 0.615. The zero-order chi connectivity index (χ0) is 23.2. The lowest BCUT2D eigenvalue weighted by Gasteiger charge is -2.32. The molecule has 0 radical (unpaired) electrons. The van der Waals surface area contributed by atoms with Crippen molar-refractivity contribution in [3.8, 4) is 5.75 Å². The lowest BCUT2D eigenvalue weighted by Crippen LogP contribution is -2.72. The molecule has 4 aliphatic rings. The molecule has 2 heterocycles. The minimum atomic E-state index is -0.240. The highest BCUT2D eigenvalue weighted by atomic mass is 16.5. The molecule has 1 fully saturated rings. The Kier molecular flexibility index (Phi) is 5.16. The molecular formula is C27H27N4O3+. The maximum absolute atomic E-state index is 13.7. The molecule has 0 bridgehead atoms. The normalized spacial score (nSPS) is 21.2. The standard InChI is InChI=1S/C27H26N4O3/c1-30-12-14-31(15-13-30)11-10-28-20-16-22-25(29-19-8-4-5-9-21(19)34-22)24-23(20)26(32)17-6-2-3-7-18(17)27(24)33/h2-9,16,21,28H,10-15H2,1H3/p+1. The van der Waals surface area contributed by atoms with Crippen molar-refractivity contribution in [3.05, 3.63) is 76.9 Å². The summed E-state index contributed by atoms with van der Waals surface area (Å²) in [6.45, 7) is 5.71. The van der Waals surface area contributed by atoms with Crippen LogP contribution in [0.4, 0.5) is 11.4 Å². The van der Waals surface area contributed by atoms with Crippen molar-refractivity contribution in [3.63, 3.8) is 0 Å². The molecule has 1 saturated heterocycles. The molecule has 6 rings (SSSR count). The highest BCUT2D eigenvalue weighted by Gasteiger charge is 2.41. The van der Waals surface area contributed by atoms with Crippen LogP contribution in [-0.4, -0.2) is 79.5 Å². The van der Waals surface area contributed by atoms with Gasteiger partial charge in [0.15, 0.2) is 11.5 Å².